The molecule has 0 unspecified atom stereocenters. The number of thiophene rings is 1. The highest BCUT2D eigenvalue weighted by molar-refractivity contribution is 8.16. The van der Waals surface area contributed by atoms with Gasteiger partial charge >= 0.3 is 6.09 Å². The Kier molecular flexibility index (Phi) is 7.51. The van der Waals surface area contributed by atoms with Crippen LogP contribution in [0.4, 0.5) is 10.5 Å². The molecule has 3 heterocycles. The molecular weight excluding hydrogens is 484 g/mol. The van der Waals surface area contributed by atoms with Gasteiger partial charge in [0.2, 0.25) is 5.91 Å². The molecule has 4 rings (SSSR count). The first-order valence-electron chi connectivity index (χ1n) is 11.4. The van der Waals surface area contributed by atoms with Crippen molar-refractivity contribution in [1.29, 1.82) is 0 Å². The monoisotopic (exact) mass is 514 g/mol. The Morgan fingerprint density at radius 2 is 1.86 bits per heavy atom. The third-order valence-corrected chi connectivity index (χ3v) is 7.36. The van der Waals surface area contributed by atoms with Gasteiger partial charge in [0.05, 0.1) is 17.7 Å². The molecule has 0 aliphatic carbocycles. The van der Waals surface area contributed by atoms with E-state index in [9.17, 15) is 9.59 Å². The molecule has 35 heavy (non-hydrogen) atoms. The zero-order valence-electron chi connectivity index (χ0n) is 20.4. The predicted octanol–water partition coefficient (Wildman–Crippen LogP) is 5.06. The first-order valence-corrected chi connectivity index (χ1v) is 13.3. The Morgan fingerprint density at radius 3 is 2.46 bits per heavy atom. The molecule has 0 saturated carbocycles. The summed E-state index contributed by atoms with van der Waals surface area (Å²) in [6.07, 6.45) is 0.925. The van der Waals surface area contributed by atoms with Gasteiger partial charge in [0.25, 0.3) is 0 Å². The van der Waals surface area contributed by atoms with Gasteiger partial charge in [0, 0.05) is 31.6 Å². The number of ether oxygens (including phenoxy) is 2. The highest BCUT2D eigenvalue weighted by Crippen LogP contribution is 2.36. The highest BCUT2D eigenvalue weighted by atomic mass is 32.2. The summed E-state index contributed by atoms with van der Waals surface area (Å²) in [4.78, 5) is 37.8. The lowest BCUT2D eigenvalue weighted by Crippen LogP contribution is -2.46. The number of aliphatic imine (C=N–C) groups is 2. The number of anilines is 1. The number of rotatable bonds is 5. The fourth-order valence-corrected chi connectivity index (χ4v) is 5.45. The second kappa shape index (κ2) is 10.4. The molecule has 2 aliphatic heterocycles. The van der Waals surface area contributed by atoms with Crippen LogP contribution in [-0.2, 0) is 9.53 Å². The second-order valence-electron chi connectivity index (χ2n) is 9.37. The molecule has 2 aliphatic rings. The van der Waals surface area contributed by atoms with Crippen LogP contribution in [-0.4, -0.2) is 64.9 Å². The maximum absolute atomic E-state index is 12.6. The van der Waals surface area contributed by atoms with Gasteiger partial charge in [-0.1, -0.05) is 17.8 Å². The number of likely N-dealkylation sites (tertiary alicyclic amines) is 1. The summed E-state index contributed by atoms with van der Waals surface area (Å²) in [5.74, 6) is 0.835. The van der Waals surface area contributed by atoms with Crippen LogP contribution in [0.1, 0.15) is 38.5 Å². The van der Waals surface area contributed by atoms with E-state index in [2.05, 4.69) is 5.32 Å². The van der Waals surface area contributed by atoms with Crippen LogP contribution < -0.4 is 10.1 Å². The van der Waals surface area contributed by atoms with Crippen molar-refractivity contribution in [2.45, 2.75) is 44.9 Å². The van der Waals surface area contributed by atoms with Crippen LogP contribution in [0.3, 0.4) is 0 Å². The quantitative estimate of drug-likeness (QED) is 0.602. The van der Waals surface area contributed by atoms with Crippen molar-refractivity contribution in [3.8, 4) is 5.75 Å². The van der Waals surface area contributed by atoms with E-state index in [0.717, 1.165) is 21.4 Å². The molecular formula is C25H30N4O4S2. The Balaban J connectivity index is 1.42. The minimum atomic E-state index is -0.605. The average molecular weight is 515 g/mol. The lowest BCUT2D eigenvalue weighted by atomic mass is 9.99. The van der Waals surface area contributed by atoms with Gasteiger partial charge in [-0.2, -0.15) is 0 Å². The molecule has 186 valence electrons. The van der Waals surface area contributed by atoms with Crippen molar-refractivity contribution < 1.29 is 19.1 Å². The van der Waals surface area contributed by atoms with E-state index < -0.39 is 11.3 Å². The maximum Gasteiger partial charge on any atom is 0.410 e. The van der Waals surface area contributed by atoms with Crippen molar-refractivity contribution >= 4 is 51.5 Å². The van der Waals surface area contributed by atoms with Gasteiger partial charge in [-0.05, 0) is 56.5 Å². The normalized spacial score (nSPS) is 17.1. The van der Waals surface area contributed by atoms with Crippen molar-refractivity contribution in [2.75, 3.05) is 31.3 Å². The first kappa shape index (κ1) is 25.2. The van der Waals surface area contributed by atoms with Crippen LogP contribution >= 0.6 is 23.1 Å². The van der Waals surface area contributed by atoms with Crippen LogP contribution in [0.15, 0.2) is 51.8 Å². The van der Waals surface area contributed by atoms with Gasteiger partial charge in [-0.25, -0.2) is 9.79 Å². The Bertz CT molecular complexity index is 1110. The standard InChI is InChI=1S/C25H30N4O4S2/c1-24(2,3)33-23(31)29-13-11-25(12-14-29)27-21(19-6-5-15-34-19)22(28-25)35-16-20(30)26-17-7-9-18(32-4)10-8-17/h5-10,15H,11-14,16H2,1-4H3,(H,26,30). The summed E-state index contributed by atoms with van der Waals surface area (Å²) in [6, 6.07) is 11.2. The van der Waals surface area contributed by atoms with Crippen molar-refractivity contribution in [2.24, 2.45) is 9.98 Å². The number of benzene rings is 1. The molecule has 1 spiro atoms. The van der Waals surface area contributed by atoms with E-state index in [1.165, 1.54) is 11.8 Å². The van der Waals surface area contributed by atoms with E-state index >= 15 is 0 Å². The SMILES string of the molecule is COc1ccc(NC(=O)CSC2=NC3(CCN(C(=O)OC(C)(C)C)CC3)N=C2c2cccs2)cc1. The topological polar surface area (TPSA) is 92.6 Å². The van der Waals surface area contributed by atoms with E-state index in [0.29, 0.717) is 31.6 Å². The fourth-order valence-electron chi connectivity index (χ4n) is 3.80. The molecule has 0 radical (unpaired) electrons. The molecule has 1 N–H and O–H groups in total. The van der Waals surface area contributed by atoms with Crippen LogP contribution in [0, 0.1) is 0 Å². The summed E-state index contributed by atoms with van der Waals surface area (Å²) in [7, 11) is 1.60. The van der Waals surface area contributed by atoms with Crippen LogP contribution in [0.5, 0.6) is 5.75 Å². The van der Waals surface area contributed by atoms with E-state index in [4.69, 9.17) is 19.5 Å². The molecule has 8 nitrogen and oxygen atoms in total. The van der Waals surface area contributed by atoms with Crippen LogP contribution in [0.25, 0.3) is 0 Å². The number of piperidine rings is 1. The number of carbonyl (C=O) groups is 2. The molecule has 1 saturated heterocycles. The largest absolute Gasteiger partial charge is 0.497 e. The number of hydrogen-bond acceptors (Lipinski definition) is 8. The zero-order chi connectivity index (χ0) is 25.1. The summed E-state index contributed by atoms with van der Waals surface area (Å²) in [6.45, 7) is 6.64. The van der Waals surface area contributed by atoms with E-state index in [1.54, 1.807) is 47.6 Å². The van der Waals surface area contributed by atoms with Gasteiger partial charge < -0.3 is 19.7 Å². The number of nitrogens with zero attached hydrogens (tertiary/aromatic N) is 3. The third kappa shape index (κ3) is 6.43. The van der Waals surface area contributed by atoms with Gasteiger partial charge in [-0.3, -0.25) is 9.79 Å². The summed E-state index contributed by atoms with van der Waals surface area (Å²) < 4.78 is 10.7. The third-order valence-electron chi connectivity index (χ3n) is 5.52. The number of thioether (sulfide) groups is 1. The van der Waals surface area contributed by atoms with Crippen molar-refractivity contribution in [3.63, 3.8) is 0 Å². The van der Waals surface area contributed by atoms with Gasteiger partial charge in [-0.15, -0.1) is 11.3 Å². The maximum atomic E-state index is 12.6. The molecule has 1 aromatic heterocycles. The molecule has 2 amide bonds. The Morgan fingerprint density at radius 1 is 1.14 bits per heavy atom. The van der Waals surface area contributed by atoms with Crippen LogP contribution in [0.2, 0.25) is 0 Å². The molecule has 1 fully saturated rings. The molecule has 0 bridgehead atoms. The van der Waals surface area contributed by atoms with E-state index in [1.807, 2.05) is 38.3 Å². The number of carbonyl (C=O) groups excluding carboxylic acids is 2. The lowest BCUT2D eigenvalue weighted by Gasteiger charge is -2.36. The Labute approximate surface area is 213 Å². The molecule has 2 aromatic rings. The number of amides is 2. The number of methoxy groups -OCH3 is 1. The van der Waals surface area contributed by atoms with Crippen molar-refractivity contribution in [3.05, 3.63) is 46.7 Å². The predicted molar refractivity (Wildman–Crippen MR) is 142 cm³/mol. The van der Waals surface area contributed by atoms with Gasteiger partial charge in [0.15, 0.2) is 5.66 Å². The number of hydrogen-bond donors (Lipinski definition) is 1. The first-order chi connectivity index (χ1) is 16.7. The zero-order valence-corrected chi connectivity index (χ0v) is 22.0. The average Bonchev–Trinajstić information content (AvgIpc) is 3.46. The molecule has 10 heteroatoms. The second-order valence-corrected chi connectivity index (χ2v) is 11.3. The summed E-state index contributed by atoms with van der Waals surface area (Å²) in [5, 5.41) is 5.68. The fraction of sp³-hybridized carbons (Fsp3) is 0.440. The Hall–Kier alpha value is -2.85. The summed E-state index contributed by atoms with van der Waals surface area (Å²) in [5.41, 5.74) is 0.404. The van der Waals surface area contributed by atoms with Crippen molar-refractivity contribution in [1.82, 2.24) is 4.90 Å². The molecule has 0 atom stereocenters. The van der Waals surface area contributed by atoms with Gasteiger partial charge in [0.1, 0.15) is 22.1 Å². The minimum absolute atomic E-state index is 0.117. The summed E-state index contributed by atoms with van der Waals surface area (Å²) >= 11 is 2.99. The number of nitrogens with one attached hydrogen (secondary N) is 1. The molecule has 1 aromatic carbocycles. The van der Waals surface area contributed by atoms with E-state index in [-0.39, 0.29) is 17.8 Å². The lowest BCUT2D eigenvalue weighted by molar-refractivity contribution is -0.113. The minimum Gasteiger partial charge on any atom is -0.497 e. The highest BCUT2D eigenvalue weighted by Gasteiger charge is 2.41. The smallest absolute Gasteiger partial charge is 0.410 e.